The monoisotopic (exact) mass is 296 g/mol. The molecular formula is C12H19F3N2O3. The van der Waals surface area contributed by atoms with Crippen LogP contribution in [0.1, 0.15) is 12.8 Å². The molecule has 1 unspecified atom stereocenters. The zero-order chi connectivity index (χ0) is 14.6. The molecule has 0 bridgehead atoms. The maximum absolute atomic E-state index is 12.2. The van der Waals surface area contributed by atoms with Crippen LogP contribution in [0.15, 0.2) is 0 Å². The molecule has 116 valence electrons. The van der Waals surface area contributed by atoms with Crippen molar-refractivity contribution in [3.8, 4) is 0 Å². The SMILES string of the molecule is O=C(CCC(F)(F)F)N1CCOC2(CNCCOC2)C1. The Labute approximate surface area is 115 Å². The van der Waals surface area contributed by atoms with Gasteiger partial charge in [0.25, 0.3) is 0 Å². The fourth-order valence-electron chi connectivity index (χ4n) is 2.43. The zero-order valence-corrected chi connectivity index (χ0v) is 11.2. The summed E-state index contributed by atoms with van der Waals surface area (Å²) >= 11 is 0. The second-order valence-corrected chi connectivity index (χ2v) is 5.19. The molecule has 0 aromatic carbocycles. The van der Waals surface area contributed by atoms with E-state index in [9.17, 15) is 18.0 Å². The summed E-state index contributed by atoms with van der Waals surface area (Å²) in [5, 5.41) is 3.16. The van der Waals surface area contributed by atoms with Crippen molar-refractivity contribution in [2.24, 2.45) is 0 Å². The molecule has 2 heterocycles. The quantitative estimate of drug-likeness (QED) is 0.808. The Balaban J connectivity index is 1.90. The van der Waals surface area contributed by atoms with Crippen molar-refractivity contribution in [3.05, 3.63) is 0 Å². The molecule has 1 amide bonds. The predicted molar refractivity (Wildman–Crippen MR) is 64.2 cm³/mol. The molecule has 0 saturated carbocycles. The van der Waals surface area contributed by atoms with Crippen LogP contribution in [0, 0.1) is 0 Å². The maximum atomic E-state index is 12.2. The van der Waals surface area contributed by atoms with Crippen LogP contribution in [-0.4, -0.2) is 68.6 Å². The van der Waals surface area contributed by atoms with Gasteiger partial charge in [-0.15, -0.1) is 0 Å². The molecule has 1 spiro atoms. The first-order valence-corrected chi connectivity index (χ1v) is 6.67. The van der Waals surface area contributed by atoms with Crippen molar-refractivity contribution in [3.63, 3.8) is 0 Å². The summed E-state index contributed by atoms with van der Waals surface area (Å²) in [6.07, 6.45) is -5.88. The molecule has 0 aliphatic carbocycles. The summed E-state index contributed by atoms with van der Waals surface area (Å²) < 4.78 is 47.6. The van der Waals surface area contributed by atoms with E-state index in [0.717, 1.165) is 0 Å². The number of carbonyl (C=O) groups is 1. The topological polar surface area (TPSA) is 50.8 Å². The average Bonchev–Trinajstić information content (AvgIpc) is 2.61. The van der Waals surface area contributed by atoms with E-state index in [1.54, 1.807) is 0 Å². The van der Waals surface area contributed by atoms with Gasteiger partial charge in [-0.1, -0.05) is 0 Å². The number of alkyl halides is 3. The molecule has 0 aromatic rings. The minimum Gasteiger partial charge on any atom is -0.377 e. The van der Waals surface area contributed by atoms with Crippen LogP contribution in [0.3, 0.4) is 0 Å². The van der Waals surface area contributed by atoms with Crippen LogP contribution in [0.25, 0.3) is 0 Å². The molecule has 2 aliphatic heterocycles. The first kappa shape index (κ1) is 15.5. The smallest absolute Gasteiger partial charge is 0.377 e. The van der Waals surface area contributed by atoms with E-state index in [2.05, 4.69) is 5.32 Å². The number of hydrogen-bond acceptors (Lipinski definition) is 4. The van der Waals surface area contributed by atoms with E-state index < -0.39 is 30.5 Å². The van der Waals surface area contributed by atoms with Gasteiger partial charge < -0.3 is 19.7 Å². The molecule has 1 atom stereocenters. The lowest BCUT2D eigenvalue weighted by molar-refractivity contribution is -0.165. The molecule has 20 heavy (non-hydrogen) atoms. The number of amides is 1. The van der Waals surface area contributed by atoms with Crippen molar-refractivity contribution in [2.75, 3.05) is 46.0 Å². The second kappa shape index (κ2) is 6.28. The number of hydrogen-bond donors (Lipinski definition) is 1. The van der Waals surface area contributed by atoms with Crippen molar-refractivity contribution in [2.45, 2.75) is 24.6 Å². The first-order valence-electron chi connectivity index (χ1n) is 6.67. The summed E-state index contributed by atoms with van der Waals surface area (Å²) in [5.41, 5.74) is -0.636. The Morgan fingerprint density at radius 3 is 2.90 bits per heavy atom. The minimum absolute atomic E-state index is 0.274. The number of nitrogens with zero attached hydrogens (tertiary/aromatic N) is 1. The molecule has 1 N–H and O–H groups in total. The third kappa shape index (κ3) is 4.32. The van der Waals surface area contributed by atoms with Crippen LogP contribution in [0.2, 0.25) is 0 Å². The van der Waals surface area contributed by atoms with E-state index in [1.165, 1.54) is 4.90 Å². The lowest BCUT2D eigenvalue weighted by Gasteiger charge is -2.41. The van der Waals surface area contributed by atoms with Gasteiger partial charge in [-0.3, -0.25) is 4.79 Å². The third-order valence-electron chi connectivity index (χ3n) is 3.46. The first-order chi connectivity index (χ1) is 9.40. The van der Waals surface area contributed by atoms with Crippen LogP contribution >= 0.6 is 0 Å². The standard InChI is InChI=1S/C12H19F3N2O3/c13-12(14,15)2-1-10(18)17-4-6-20-11(8-17)7-16-3-5-19-9-11/h16H,1-9H2. The Hall–Kier alpha value is -0.860. The summed E-state index contributed by atoms with van der Waals surface area (Å²) in [4.78, 5) is 13.3. The maximum Gasteiger partial charge on any atom is 0.389 e. The lowest BCUT2D eigenvalue weighted by Crippen LogP contribution is -2.59. The summed E-state index contributed by atoms with van der Waals surface area (Å²) in [5.74, 6) is -0.478. The van der Waals surface area contributed by atoms with E-state index in [4.69, 9.17) is 9.47 Å². The largest absolute Gasteiger partial charge is 0.389 e. The molecule has 2 saturated heterocycles. The number of carbonyl (C=O) groups excluding carboxylic acids is 1. The number of morpholine rings is 1. The van der Waals surface area contributed by atoms with Gasteiger partial charge in [0.15, 0.2) is 0 Å². The Kier molecular flexibility index (Phi) is 4.87. The summed E-state index contributed by atoms with van der Waals surface area (Å²) in [6, 6.07) is 0. The highest BCUT2D eigenvalue weighted by molar-refractivity contribution is 5.76. The van der Waals surface area contributed by atoms with Gasteiger partial charge >= 0.3 is 6.18 Å². The molecular weight excluding hydrogens is 277 g/mol. The third-order valence-corrected chi connectivity index (χ3v) is 3.46. The van der Waals surface area contributed by atoms with Crippen molar-refractivity contribution in [1.29, 1.82) is 0 Å². The molecule has 0 aromatic heterocycles. The Bertz CT molecular complexity index is 341. The summed E-state index contributed by atoms with van der Waals surface area (Å²) in [6.45, 7) is 3.08. The van der Waals surface area contributed by atoms with Crippen LogP contribution in [0.4, 0.5) is 13.2 Å². The van der Waals surface area contributed by atoms with Crippen LogP contribution < -0.4 is 5.32 Å². The highest BCUT2D eigenvalue weighted by Crippen LogP contribution is 2.24. The van der Waals surface area contributed by atoms with Gasteiger partial charge in [-0.2, -0.15) is 13.2 Å². The van der Waals surface area contributed by atoms with Crippen LogP contribution in [0.5, 0.6) is 0 Å². The van der Waals surface area contributed by atoms with Gasteiger partial charge in [0, 0.05) is 26.1 Å². The van der Waals surface area contributed by atoms with E-state index in [0.29, 0.717) is 39.5 Å². The predicted octanol–water partition coefficient (Wildman–Crippen LogP) is 0.546. The normalized spacial score (nSPS) is 28.4. The highest BCUT2D eigenvalue weighted by Gasteiger charge is 2.40. The Morgan fingerprint density at radius 1 is 1.35 bits per heavy atom. The van der Waals surface area contributed by atoms with Crippen molar-refractivity contribution in [1.82, 2.24) is 10.2 Å². The Morgan fingerprint density at radius 2 is 2.15 bits per heavy atom. The van der Waals surface area contributed by atoms with Gasteiger partial charge in [-0.25, -0.2) is 0 Å². The van der Waals surface area contributed by atoms with Gasteiger partial charge in [-0.05, 0) is 0 Å². The van der Waals surface area contributed by atoms with Gasteiger partial charge in [0.1, 0.15) is 5.60 Å². The molecule has 2 aliphatic rings. The number of ether oxygens (including phenoxy) is 2. The fourth-order valence-corrected chi connectivity index (χ4v) is 2.43. The lowest BCUT2D eigenvalue weighted by atomic mass is 10.0. The minimum atomic E-state index is -4.30. The molecule has 5 nitrogen and oxygen atoms in total. The zero-order valence-electron chi connectivity index (χ0n) is 11.2. The fraction of sp³-hybridized carbons (Fsp3) is 0.917. The second-order valence-electron chi connectivity index (χ2n) is 5.19. The number of nitrogens with one attached hydrogen (secondary N) is 1. The van der Waals surface area contributed by atoms with E-state index >= 15 is 0 Å². The molecule has 2 rings (SSSR count). The van der Waals surface area contributed by atoms with Gasteiger partial charge in [0.05, 0.1) is 32.8 Å². The van der Waals surface area contributed by atoms with E-state index in [-0.39, 0.29) is 6.54 Å². The molecule has 2 fully saturated rings. The average molecular weight is 296 g/mol. The van der Waals surface area contributed by atoms with Gasteiger partial charge in [0.2, 0.25) is 5.91 Å². The van der Waals surface area contributed by atoms with Crippen LogP contribution in [-0.2, 0) is 14.3 Å². The van der Waals surface area contributed by atoms with E-state index in [1.807, 2.05) is 0 Å². The molecule has 0 radical (unpaired) electrons. The van der Waals surface area contributed by atoms with Crippen molar-refractivity contribution >= 4 is 5.91 Å². The number of halogens is 3. The highest BCUT2D eigenvalue weighted by atomic mass is 19.4. The summed E-state index contributed by atoms with van der Waals surface area (Å²) in [7, 11) is 0. The van der Waals surface area contributed by atoms with Crippen molar-refractivity contribution < 1.29 is 27.4 Å². The number of rotatable bonds is 2. The molecule has 8 heteroatoms.